The van der Waals surface area contributed by atoms with Gasteiger partial charge >= 0.3 is 37.7 Å². The minimum absolute atomic E-state index is 0.137. The quantitative estimate of drug-likeness (QED) is 0.0164. The van der Waals surface area contributed by atoms with Crippen LogP contribution in [0.5, 0.6) is 0 Å². The molecule has 116 heavy (non-hydrogen) atoms. The van der Waals surface area contributed by atoms with E-state index in [1.54, 1.807) is 0 Å². The topological polar surface area (TPSA) is 295 Å². The third-order valence-electron chi connectivity index (χ3n) is 22.9. The summed E-state index contributed by atoms with van der Waals surface area (Å²) in [5, 5.41) is 16.7. The Bertz CT molecular complexity index is 2400. The number of unbranched alkanes of at least 4 members (excludes halogenated alkanes) is 54. The van der Waals surface area contributed by atoms with Gasteiger partial charge in [0.15, 0.2) is 18.4 Å². The van der Waals surface area contributed by atoms with E-state index < -0.39 is 131 Å². The van der Waals surface area contributed by atoms with Crippen LogP contribution in [0.4, 0.5) is 0 Å². The normalized spacial score (nSPS) is 16.7. The molecule has 0 aromatic carbocycles. The summed E-state index contributed by atoms with van der Waals surface area (Å²) in [5.41, 5.74) is 0. The second-order valence-corrected chi connectivity index (χ2v) is 35.2. The Morgan fingerprint density at radius 2 is 0.638 bits per heavy atom. The van der Waals surface area contributed by atoms with Gasteiger partial charge in [0, 0.05) is 19.3 Å². The van der Waals surface area contributed by atoms with E-state index in [-0.39, 0.29) is 25.7 Å². The molecule has 1 aliphatic heterocycles. The highest BCUT2D eigenvalue weighted by Crippen LogP contribution is 2.43. The third-order valence-corrected chi connectivity index (χ3v) is 23.4. The van der Waals surface area contributed by atoms with Crippen LogP contribution in [0, 0.1) is 0 Å². The van der Waals surface area contributed by atoms with Crippen molar-refractivity contribution in [3.63, 3.8) is 0 Å². The lowest BCUT2D eigenvalue weighted by Gasteiger charge is -2.45. The number of carbonyl (C=O) groups excluding carboxylic acids is 7. The van der Waals surface area contributed by atoms with Gasteiger partial charge < -0.3 is 58.7 Å². The van der Waals surface area contributed by atoms with Crippen molar-refractivity contribution in [3.05, 3.63) is 0 Å². The fraction of sp³-hybridized carbons (Fsp3) is 0.926. The van der Waals surface area contributed by atoms with Crippen molar-refractivity contribution in [2.75, 3.05) is 20.3 Å². The number of phosphoric acid groups is 1. The highest BCUT2D eigenvalue weighted by atomic mass is 31.2. The molecule has 1 unspecified atom stereocenters. The van der Waals surface area contributed by atoms with Crippen LogP contribution in [0.2, 0.25) is 0 Å². The molecule has 2 amide bonds. The van der Waals surface area contributed by atoms with E-state index in [1.165, 1.54) is 173 Å². The van der Waals surface area contributed by atoms with Crippen molar-refractivity contribution in [1.82, 2.24) is 10.6 Å². The number of phosphoric ester groups is 1. The first-order valence-corrected chi connectivity index (χ1v) is 50.0. The van der Waals surface area contributed by atoms with E-state index in [4.69, 9.17) is 37.7 Å². The predicted molar refractivity (Wildman–Crippen MR) is 467 cm³/mol. The molecule has 0 spiro atoms. The van der Waals surface area contributed by atoms with Crippen LogP contribution in [0.25, 0.3) is 0 Å². The van der Waals surface area contributed by atoms with Gasteiger partial charge in [0.2, 0.25) is 11.8 Å². The molecule has 0 aliphatic carbocycles. The molecule has 21 nitrogen and oxygen atoms in total. The van der Waals surface area contributed by atoms with Gasteiger partial charge in [-0.05, 0) is 57.8 Å². The summed E-state index contributed by atoms with van der Waals surface area (Å²) in [5.74, 6) is -4.70. The molecule has 0 aromatic rings. The van der Waals surface area contributed by atoms with Gasteiger partial charge in [0.25, 0.3) is 0 Å². The Labute approximate surface area is 707 Å². The number of hydrogen-bond acceptors (Lipinski definition) is 17. The van der Waals surface area contributed by atoms with Crippen LogP contribution < -0.4 is 10.6 Å². The molecule has 1 rings (SSSR count). The zero-order chi connectivity index (χ0) is 85.0. The summed E-state index contributed by atoms with van der Waals surface area (Å²) in [4.78, 5) is 121. The van der Waals surface area contributed by atoms with E-state index in [0.29, 0.717) is 57.8 Å². The smallest absolute Gasteiger partial charge is 0.467 e. The van der Waals surface area contributed by atoms with Crippen LogP contribution in [0.15, 0.2) is 0 Å². The molecule has 22 heteroatoms. The largest absolute Gasteiger partial charge is 0.470 e. The molecular formula is C94H177N2O19P. The van der Waals surface area contributed by atoms with Crippen molar-refractivity contribution < 1.29 is 90.7 Å². The Balaban J connectivity index is 3.87. The fourth-order valence-electron chi connectivity index (χ4n) is 15.8. The molecule has 0 saturated carbocycles. The lowest BCUT2D eigenvalue weighted by atomic mass is 9.95. The van der Waals surface area contributed by atoms with Crippen LogP contribution in [0.1, 0.15) is 485 Å². The molecule has 1 fully saturated rings. The number of carbonyl (C=O) groups is 7. The average molecular weight is 1670 g/mol. The second kappa shape index (κ2) is 78.5. The second-order valence-electron chi connectivity index (χ2n) is 34.0. The average Bonchev–Trinajstić information content (AvgIpc) is 0.779. The van der Waals surface area contributed by atoms with Gasteiger partial charge in [-0.3, -0.25) is 33.3 Å². The summed E-state index contributed by atoms with van der Waals surface area (Å²) in [6.07, 6.45) is 54.7. The number of ether oxygens (including phenoxy) is 7. The SMILES string of the molecule is CCCCCCCCCCCCCC(=O)O[C@H](CCCCCCCCCCC)CC(=O)N[C@@H](COC1O[C@H](CO)[C@@H](OP(=O)(O)O)[C@H](OC(=O)C[C@@H](CCCCCCCCCCC)OC(=O)CCCCCCCCCCCCC)[C@H]1NC(=O)C[C@@H](CCCCCCCCCCC)OC(=O)CCCCCCCCCCCCC)C(=O)OC. The molecule has 1 heterocycles. The molecule has 0 radical (unpaired) electrons. The van der Waals surface area contributed by atoms with Crippen LogP contribution in [-0.2, 0) is 75.8 Å². The lowest BCUT2D eigenvalue weighted by Crippen LogP contribution is -2.66. The van der Waals surface area contributed by atoms with E-state index in [9.17, 15) is 48.2 Å². The van der Waals surface area contributed by atoms with Crippen molar-refractivity contribution in [3.8, 4) is 0 Å². The van der Waals surface area contributed by atoms with Crippen LogP contribution >= 0.6 is 7.82 Å². The maximum atomic E-state index is 15.0. The molecule has 1 saturated heterocycles. The Hall–Kier alpha value is -3.72. The Morgan fingerprint density at radius 1 is 0.362 bits per heavy atom. The van der Waals surface area contributed by atoms with Crippen molar-refractivity contribution in [1.29, 1.82) is 0 Å². The van der Waals surface area contributed by atoms with Gasteiger partial charge in [-0.1, -0.05) is 388 Å². The van der Waals surface area contributed by atoms with Crippen molar-refractivity contribution in [2.45, 2.75) is 540 Å². The zero-order valence-electron chi connectivity index (χ0n) is 75.2. The molecule has 682 valence electrons. The molecule has 1 aliphatic rings. The number of methoxy groups -OCH3 is 1. The third kappa shape index (κ3) is 65.1. The van der Waals surface area contributed by atoms with Gasteiger partial charge in [0.05, 0.1) is 39.6 Å². The number of amides is 2. The minimum Gasteiger partial charge on any atom is -0.467 e. The Morgan fingerprint density at radius 3 is 0.922 bits per heavy atom. The zero-order valence-corrected chi connectivity index (χ0v) is 76.1. The van der Waals surface area contributed by atoms with Gasteiger partial charge in [0.1, 0.15) is 36.6 Å². The number of aliphatic hydroxyl groups is 1. The summed E-state index contributed by atoms with van der Waals surface area (Å²) < 4.78 is 61.1. The number of esters is 5. The first-order chi connectivity index (χ1) is 56.4. The molecule has 0 aromatic heterocycles. The maximum Gasteiger partial charge on any atom is 0.470 e. The number of rotatable bonds is 85. The van der Waals surface area contributed by atoms with Gasteiger partial charge in [-0.2, -0.15) is 0 Å². The van der Waals surface area contributed by atoms with E-state index >= 15 is 4.79 Å². The van der Waals surface area contributed by atoms with Crippen LogP contribution in [-0.4, -0.2) is 132 Å². The molecular weight excluding hydrogens is 1490 g/mol. The standard InChI is InChI=1S/C94H177N2O19P/c1-8-14-20-26-32-38-41-47-53-59-65-71-86(100)110-79(68-62-56-50-44-35-29-23-17-11-4)74-84(98)95-82(93(104)108-7)78-109-94-90(96-85(99)75-80(69-63-57-51-45-36-30-24-18-12-5)111-87(101)72-66-60-54-48-42-39-33-27-21-15-9-2)92(91(83(77-97)113-94)115-116(105,106)107)114-89(103)76-81(70-64-58-52-46-37-31-25-19-13-6)112-88(102)73-67-61-55-49-43-40-34-28-22-16-10-3/h79-83,90-92,94,97H,8-78H2,1-7H3,(H,95,98)(H,96,99)(H2,105,106,107)/t79-,80-,81-,82+,83-,90-,91-,92-,94?/m1/s1. The summed E-state index contributed by atoms with van der Waals surface area (Å²) in [6, 6.07) is -3.33. The van der Waals surface area contributed by atoms with Gasteiger partial charge in [-0.15, -0.1) is 0 Å². The lowest BCUT2D eigenvalue weighted by molar-refractivity contribution is -0.272. The van der Waals surface area contributed by atoms with Crippen molar-refractivity contribution >= 4 is 49.5 Å². The summed E-state index contributed by atoms with van der Waals surface area (Å²) in [6.45, 7) is 11.5. The number of nitrogens with one attached hydrogen (secondary N) is 2. The predicted octanol–water partition coefficient (Wildman–Crippen LogP) is 24.0. The Kier molecular flexibility index (Phi) is 74.7. The molecule has 5 N–H and O–H groups in total. The first-order valence-electron chi connectivity index (χ1n) is 48.4. The monoisotopic (exact) mass is 1670 g/mol. The van der Waals surface area contributed by atoms with E-state index in [1.807, 2.05) is 0 Å². The highest BCUT2D eigenvalue weighted by Gasteiger charge is 2.53. The first kappa shape index (κ1) is 110. The van der Waals surface area contributed by atoms with E-state index in [0.717, 1.165) is 180 Å². The van der Waals surface area contributed by atoms with E-state index in [2.05, 4.69) is 52.2 Å². The fourth-order valence-corrected chi connectivity index (χ4v) is 16.3. The number of aliphatic hydroxyl groups excluding tert-OH is 1. The summed E-state index contributed by atoms with van der Waals surface area (Å²) in [7, 11) is -4.44. The highest BCUT2D eigenvalue weighted by molar-refractivity contribution is 7.46. The van der Waals surface area contributed by atoms with Crippen LogP contribution in [0.3, 0.4) is 0 Å². The minimum atomic E-state index is -5.57. The summed E-state index contributed by atoms with van der Waals surface area (Å²) >= 11 is 0. The van der Waals surface area contributed by atoms with Crippen molar-refractivity contribution in [2.24, 2.45) is 0 Å². The van der Waals surface area contributed by atoms with Gasteiger partial charge in [-0.25, -0.2) is 9.36 Å². The number of hydrogen-bond donors (Lipinski definition) is 5. The molecule has 9 atom stereocenters. The molecule has 0 bridgehead atoms. The maximum absolute atomic E-state index is 15.0.